The van der Waals surface area contributed by atoms with Crippen LogP contribution in [-0.4, -0.2) is 22.9 Å². The molecule has 0 aromatic carbocycles. The topological polar surface area (TPSA) is 29.5 Å². The quantitative estimate of drug-likeness (QED) is 0.730. The Morgan fingerprint density at radius 1 is 1.31 bits per heavy atom. The molecule has 0 amide bonds. The number of hydrogen-bond donors (Lipinski definition) is 1. The van der Waals surface area contributed by atoms with Gasteiger partial charge < -0.3 is 9.84 Å². The molecular weight excluding hydrogens is 164 g/mol. The first-order valence-corrected chi connectivity index (χ1v) is 5.29. The van der Waals surface area contributed by atoms with Crippen LogP contribution in [0, 0.1) is 5.92 Å². The lowest BCUT2D eigenvalue weighted by Gasteiger charge is -2.38. The van der Waals surface area contributed by atoms with Crippen LogP contribution in [0.4, 0.5) is 0 Å². The molecule has 0 heterocycles. The molecule has 1 saturated carbocycles. The van der Waals surface area contributed by atoms with Crippen molar-refractivity contribution in [2.45, 2.75) is 64.8 Å². The Hall–Kier alpha value is -0.0800. The fourth-order valence-corrected chi connectivity index (χ4v) is 1.85. The average molecular weight is 186 g/mol. The van der Waals surface area contributed by atoms with Gasteiger partial charge in [-0.25, -0.2) is 0 Å². The minimum absolute atomic E-state index is 0.0298. The molecule has 0 bridgehead atoms. The largest absolute Gasteiger partial charge is 0.388 e. The summed E-state index contributed by atoms with van der Waals surface area (Å²) in [4.78, 5) is 0. The maximum Gasteiger partial charge on any atom is 0.0883 e. The van der Waals surface area contributed by atoms with E-state index in [-0.39, 0.29) is 6.10 Å². The number of ether oxygens (including phenoxy) is 1. The predicted molar refractivity (Wildman–Crippen MR) is 53.6 cm³/mol. The van der Waals surface area contributed by atoms with Gasteiger partial charge in [-0.15, -0.1) is 0 Å². The highest BCUT2D eigenvalue weighted by Gasteiger charge is 2.34. The molecule has 1 atom stereocenters. The summed E-state index contributed by atoms with van der Waals surface area (Å²) >= 11 is 0. The van der Waals surface area contributed by atoms with Crippen LogP contribution in [0.5, 0.6) is 0 Å². The Bertz CT molecular complexity index is 154. The molecule has 1 fully saturated rings. The molecule has 0 saturated heterocycles. The molecule has 0 radical (unpaired) electrons. The second-order valence-electron chi connectivity index (χ2n) is 5.01. The summed E-state index contributed by atoms with van der Waals surface area (Å²) in [6.45, 7) is 7.86. The van der Waals surface area contributed by atoms with Gasteiger partial charge in [0.1, 0.15) is 0 Å². The van der Waals surface area contributed by atoms with Crippen molar-refractivity contribution in [1.82, 2.24) is 0 Å². The predicted octanol–water partition coefficient (Wildman–Crippen LogP) is 2.35. The van der Waals surface area contributed by atoms with Crippen LogP contribution >= 0.6 is 0 Å². The van der Waals surface area contributed by atoms with E-state index in [1.165, 1.54) is 19.3 Å². The van der Waals surface area contributed by atoms with Gasteiger partial charge in [-0.05, 0) is 39.0 Å². The summed E-state index contributed by atoms with van der Waals surface area (Å²) in [6, 6.07) is 0. The molecule has 2 heteroatoms. The van der Waals surface area contributed by atoms with E-state index in [1.807, 2.05) is 13.8 Å². The summed E-state index contributed by atoms with van der Waals surface area (Å²) < 4.78 is 5.86. The normalized spacial score (nSPS) is 21.7. The molecule has 13 heavy (non-hydrogen) atoms. The number of hydrogen-bond acceptors (Lipinski definition) is 2. The Balaban J connectivity index is 2.46. The molecule has 1 aliphatic carbocycles. The van der Waals surface area contributed by atoms with Crippen LogP contribution < -0.4 is 0 Å². The first-order valence-electron chi connectivity index (χ1n) is 5.29. The van der Waals surface area contributed by atoms with E-state index in [0.717, 1.165) is 0 Å². The minimum atomic E-state index is -0.718. The first kappa shape index (κ1) is 11.0. The van der Waals surface area contributed by atoms with Crippen molar-refractivity contribution in [3.05, 3.63) is 0 Å². The zero-order chi connectivity index (χ0) is 10.1. The van der Waals surface area contributed by atoms with Gasteiger partial charge in [-0.3, -0.25) is 0 Å². The monoisotopic (exact) mass is 186 g/mol. The van der Waals surface area contributed by atoms with E-state index < -0.39 is 5.60 Å². The third kappa shape index (κ3) is 2.96. The first-order chi connectivity index (χ1) is 5.91. The SMILES string of the molecule is CC(C)[C@H](OC1CCC1)C(C)(C)O. The Morgan fingerprint density at radius 2 is 1.85 bits per heavy atom. The van der Waals surface area contributed by atoms with Gasteiger partial charge in [-0.2, -0.15) is 0 Å². The Kier molecular flexibility index (Phi) is 3.36. The van der Waals surface area contributed by atoms with Crippen LogP contribution in [0.25, 0.3) is 0 Å². The minimum Gasteiger partial charge on any atom is -0.388 e. The molecule has 0 aromatic rings. The van der Waals surface area contributed by atoms with E-state index in [2.05, 4.69) is 13.8 Å². The molecule has 0 unspecified atom stereocenters. The lowest BCUT2D eigenvalue weighted by Crippen LogP contribution is -2.45. The summed E-state index contributed by atoms with van der Waals surface area (Å²) in [5.41, 5.74) is -0.718. The molecule has 1 aliphatic rings. The lowest BCUT2D eigenvalue weighted by atomic mass is 9.90. The summed E-state index contributed by atoms with van der Waals surface area (Å²) in [5, 5.41) is 9.89. The highest BCUT2D eigenvalue weighted by atomic mass is 16.5. The molecule has 2 nitrogen and oxygen atoms in total. The summed E-state index contributed by atoms with van der Waals surface area (Å²) in [7, 11) is 0. The molecular formula is C11H22O2. The van der Waals surface area contributed by atoms with E-state index in [1.54, 1.807) is 0 Å². The third-order valence-electron chi connectivity index (χ3n) is 2.69. The second kappa shape index (κ2) is 3.97. The van der Waals surface area contributed by atoms with Crippen molar-refractivity contribution in [3.8, 4) is 0 Å². The summed E-state index contributed by atoms with van der Waals surface area (Å²) in [6.07, 6.45) is 3.98. The Labute approximate surface area is 81.3 Å². The van der Waals surface area contributed by atoms with E-state index in [4.69, 9.17) is 4.74 Å². The number of rotatable bonds is 4. The van der Waals surface area contributed by atoms with Crippen LogP contribution in [0.1, 0.15) is 47.0 Å². The van der Waals surface area contributed by atoms with Gasteiger partial charge in [0.05, 0.1) is 17.8 Å². The third-order valence-corrected chi connectivity index (χ3v) is 2.69. The van der Waals surface area contributed by atoms with Crippen molar-refractivity contribution < 1.29 is 9.84 Å². The molecule has 0 aromatic heterocycles. The maximum absolute atomic E-state index is 9.89. The van der Waals surface area contributed by atoms with Gasteiger partial charge in [-0.1, -0.05) is 13.8 Å². The smallest absolute Gasteiger partial charge is 0.0883 e. The van der Waals surface area contributed by atoms with Gasteiger partial charge in [0.2, 0.25) is 0 Å². The van der Waals surface area contributed by atoms with Crippen molar-refractivity contribution in [3.63, 3.8) is 0 Å². The lowest BCUT2D eigenvalue weighted by molar-refractivity contribution is -0.153. The fourth-order valence-electron chi connectivity index (χ4n) is 1.85. The molecule has 1 N–H and O–H groups in total. The van der Waals surface area contributed by atoms with E-state index in [9.17, 15) is 5.11 Å². The van der Waals surface area contributed by atoms with E-state index >= 15 is 0 Å². The molecule has 78 valence electrons. The van der Waals surface area contributed by atoms with Gasteiger partial charge >= 0.3 is 0 Å². The number of aliphatic hydroxyl groups is 1. The van der Waals surface area contributed by atoms with Gasteiger partial charge in [0.25, 0.3) is 0 Å². The van der Waals surface area contributed by atoms with E-state index in [0.29, 0.717) is 12.0 Å². The second-order valence-corrected chi connectivity index (χ2v) is 5.01. The molecule has 1 rings (SSSR count). The van der Waals surface area contributed by atoms with Crippen LogP contribution in [0.3, 0.4) is 0 Å². The maximum atomic E-state index is 9.89. The molecule has 0 spiro atoms. The van der Waals surface area contributed by atoms with Crippen LogP contribution in [-0.2, 0) is 4.74 Å². The summed E-state index contributed by atoms with van der Waals surface area (Å²) in [5.74, 6) is 0.376. The van der Waals surface area contributed by atoms with Crippen molar-refractivity contribution in [2.24, 2.45) is 5.92 Å². The van der Waals surface area contributed by atoms with Gasteiger partial charge in [0, 0.05) is 0 Å². The van der Waals surface area contributed by atoms with Crippen molar-refractivity contribution in [1.29, 1.82) is 0 Å². The van der Waals surface area contributed by atoms with Crippen molar-refractivity contribution in [2.75, 3.05) is 0 Å². The average Bonchev–Trinajstić information content (AvgIpc) is 1.79. The van der Waals surface area contributed by atoms with Crippen LogP contribution in [0.2, 0.25) is 0 Å². The molecule has 0 aliphatic heterocycles. The van der Waals surface area contributed by atoms with Gasteiger partial charge in [0.15, 0.2) is 0 Å². The Morgan fingerprint density at radius 3 is 2.08 bits per heavy atom. The zero-order valence-electron chi connectivity index (χ0n) is 9.21. The highest BCUT2D eigenvalue weighted by Crippen LogP contribution is 2.29. The standard InChI is InChI=1S/C11H22O2/c1-8(2)10(11(3,4)12)13-9-6-5-7-9/h8-10,12H,5-7H2,1-4H3/t10-/m0/s1. The highest BCUT2D eigenvalue weighted by molar-refractivity contribution is 4.83. The fraction of sp³-hybridized carbons (Fsp3) is 1.00. The van der Waals surface area contributed by atoms with Crippen molar-refractivity contribution >= 4 is 0 Å². The van der Waals surface area contributed by atoms with Crippen LogP contribution in [0.15, 0.2) is 0 Å². The zero-order valence-corrected chi connectivity index (χ0v) is 9.21.